The van der Waals surface area contributed by atoms with Crippen molar-refractivity contribution in [1.29, 1.82) is 0 Å². The number of nitrogens with zero attached hydrogens (tertiary/aromatic N) is 3. The summed E-state index contributed by atoms with van der Waals surface area (Å²) >= 11 is 3.67. The van der Waals surface area contributed by atoms with Gasteiger partial charge in [0.05, 0.1) is 50.4 Å². The van der Waals surface area contributed by atoms with Crippen LogP contribution in [0.15, 0.2) is 25.3 Å². The maximum atomic E-state index is 14.4. The molecule has 3 unspecified atom stereocenters. The number of hydrogen-bond acceptors (Lipinski definition) is 8. The number of aliphatic hydroxyl groups is 1. The Morgan fingerprint density at radius 1 is 1.32 bits per heavy atom. The van der Waals surface area contributed by atoms with E-state index in [0.717, 1.165) is 13.1 Å². The molecule has 11 heteroatoms. The zero-order chi connectivity index (χ0) is 27.4. The molecule has 10 nitrogen and oxygen atoms in total. The third-order valence-electron chi connectivity index (χ3n) is 8.33. The molecule has 212 valence electrons. The summed E-state index contributed by atoms with van der Waals surface area (Å²) in [6, 6.07) is -1.53. The minimum atomic E-state index is -1.18. The standard InChI is InChI=1S/C27H40BrN3O7/c1-4-7-13-37-26(35)20-21-24(33)31(18(6-3)17-32)23(27(21)16-19(28)22(20)38-27)25(34)30(8-5-2)10-9-29-11-14-36-15-12-29/h4-5,18-23,32H,1-2,6-17H2,3H3/t18-,19?,20-,21-,22-,23?,27?/m0/s1. The largest absolute Gasteiger partial charge is 0.465 e. The number of fused-ring (bicyclic) bond motifs is 1. The highest BCUT2D eigenvalue weighted by molar-refractivity contribution is 9.09. The molecule has 4 aliphatic rings. The molecule has 1 N–H and O–H groups in total. The Balaban J connectivity index is 1.66. The second kappa shape index (κ2) is 12.6. The molecule has 2 amide bonds. The van der Waals surface area contributed by atoms with Crippen LogP contribution in [0.3, 0.4) is 0 Å². The van der Waals surface area contributed by atoms with Crippen molar-refractivity contribution in [3.8, 4) is 0 Å². The van der Waals surface area contributed by atoms with Crippen molar-refractivity contribution in [3.05, 3.63) is 25.3 Å². The van der Waals surface area contributed by atoms with Gasteiger partial charge >= 0.3 is 5.97 Å². The molecule has 0 radical (unpaired) electrons. The fourth-order valence-corrected chi connectivity index (χ4v) is 7.41. The van der Waals surface area contributed by atoms with Gasteiger partial charge in [0.1, 0.15) is 11.6 Å². The lowest BCUT2D eigenvalue weighted by Gasteiger charge is -2.39. The van der Waals surface area contributed by atoms with E-state index in [2.05, 4.69) is 34.0 Å². The van der Waals surface area contributed by atoms with Gasteiger partial charge in [-0.3, -0.25) is 19.3 Å². The Labute approximate surface area is 233 Å². The van der Waals surface area contributed by atoms with Crippen molar-refractivity contribution in [1.82, 2.24) is 14.7 Å². The van der Waals surface area contributed by atoms with Crippen LogP contribution in [0.4, 0.5) is 0 Å². The smallest absolute Gasteiger partial charge is 0.312 e. The van der Waals surface area contributed by atoms with Crippen LogP contribution in [0.1, 0.15) is 26.2 Å². The highest BCUT2D eigenvalue weighted by atomic mass is 79.9. The van der Waals surface area contributed by atoms with Gasteiger partial charge < -0.3 is 29.1 Å². The van der Waals surface area contributed by atoms with Gasteiger partial charge in [0.25, 0.3) is 0 Å². The van der Waals surface area contributed by atoms with Gasteiger partial charge in [-0.15, -0.1) is 13.2 Å². The van der Waals surface area contributed by atoms with E-state index in [1.165, 1.54) is 4.90 Å². The molecular formula is C27H40BrN3O7. The summed E-state index contributed by atoms with van der Waals surface area (Å²) in [5.41, 5.74) is -1.18. The molecule has 2 bridgehead atoms. The van der Waals surface area contributed by atoms with Crippen LogP contribution in [0.5, 0.6) is 0 Å². The number of carbonyl (C=O) groups excluding carboxylic acids is 3. The topological polar surface area (TPSA) is 109 Å². The minimum absolute atomic E-state index is 0.168. The number of amides is 2. The summed E-state index contributed by atoms with van der Waals surface area (Å²) in [4.78, 5) is 46.9. The van der Waals surface area contributed by atoms with Gasteiger partial charge in [-0.2, -0.15) is 0 Å². The molecule has 38 heavy (non-hydrogen) atoms. The maximum Gasteiger partial charge on any atom is 0.312 e. The predicted molar refractivity (Wildman–Crippen MR) is 144 cm³/mol. The number of alkyl halides is 1. The monoisotopic (exact) mass is 597 g/mol. The predicted octanol–water partition coefficient (Wildman–Crippen LogP) is 0.971. The molecular weight excluding hydrogens is 558 g/mol. The zero-order valence-electron chi connectivity index (χ0n) is 22.1. The van der Waals surface area contributed by atoms with Crippen molar-refractivity contribution in [2.75, 3.05) is 59.2 Å². The van der Waals surface area contributed by atoms with Crippen molar-refractivity contribution in [2.24, 2.45) is 11.8 Å². The van der Waals surface area contributed by atoms with E-state index in [4.69, 9.17) is 14.2 Å². The Morgan fingerprint density at radius 2 is 2.05 bits per heavy atom. The third-order valence-corrected chi connectivity index (χ3v) is 9.17. The van der Waals surface area contributed by atoms with Crippen molar-refractivity contribution in [2.45, 2.75) is 54.8 Å². The van der Waals surface area contributed by atoms with Crippen LogP contribution in [0.25, 0.3) is 0 Å². The summed E-state index contributed by atoms with van der Waals surface area (Å²) in [6.07, 6.45) is 4.13. The molecule has 0 saturated carbocycles. The normalized spacial score (nSPS) is 33.2. The maximum absolute atomic E-state index is 14.4. The lowest BCUT2D eigenvalue weighted by atomic mass is 9.70. The highest BCUT2D eigenvalue weighted by Crippen LogP contribution is 2.60. The Bertz CT molecular complexity index is 909. The second-order valence-electron chi connectivity index (χ2n) is 10.4. The summed E-state index contributed by atoms with van der Waals surface area (Å²) in [6.45, 7) is 13.6. The molecule has 7 atom stereocenters. The van der Waals surface area contributed by atoms with Crippen LogP contribution in [-0.4, -0.2) is 125 Å². The first-order valence-electron chi connectivity index (χ1n) is 13.6. The third kappa shape index (κ3) is 5.20. The van der Waals surface area contributed by atoms with E-state index in [0.29, 0.717) is 52.1 Å². The quantitative estimate of drug-likeness (QED) is 0.145. The number of morpholine rings is 1. The van der Waals surface area contributed by atoms with E-state index in [9.17, 15) is 19.5 Å². The molecule has 4 saturated heterocycles. The van der Waals surface area contributed by atoms with Crippen LogP contribution in [0.2, 0.25) is 0 Å². The summed E-state index contributed by atoms with van der Waals surface area (Å²) < 4.78 is 17.5. The lowest BCUT2D eigenvalue weighted by molar-refractivity contribution is -0.156. The summed E-state index contributed by atoms with van der Waals surface area (Å²) in [7, 11) is 0. The molecule has 0 aromatic heterocycles. The number of hydrogen-bond donors (Lipinski definition) is 1. The number of likely N-dealkylation sites (tertiary alicyclic amines) is 1. The van der Waals surface area contributed by atoms with E-state index in [1.807, 2.05) is 6.92 Å². The Kier molecular flexibility index (Phi) is 9.67. The SMILES string of the molecule is C=CCCOC(=O)[C@H]1[C@H]2C(=O)N([C@@H](CC)CO)C(C(=O)N(CC=C)CCN3CCOCC3)C23CC(Br)[C@@H]1O3. The molecule has 0 aromatic rings. The molecule has 4 rings (SSSR count). The van der Waals surface area contributed by atoms with Crippen LogP contribution < -0.4 is 0 Å². The number of esters is 1. The van der Waals surface area contributed by atoms with Gasteiger partial charge in [0, 0.05) is 37.6 Å². The van der Waals surface area contributed by atoms with Crippen LogP contribution in [-0.2, 0) is 28.6 Å². The molecule has 0 aromatic carbocycles. The number of rotatable bonds is 13. The van der Waals surface area contributed by atoms with Gasteiger partial charge in [-0.1, -0.05) is 35.0 Å². The van der Waals surface area contributed by atoms with Gasteiger partial charge in [0.2, 0.25) is 11.8 Å². The van der Waals surface area contributed by atoms with Crippen molar-refractivity contribution >= 4 is 33.7 Å². The van der Waals surface area contributed by atoms with Crippen molar-refractivity contribution in [3.63, 3.8) is 0 Å². The van der Waals surface area contributed by atoms with Crippen molar-refractivity contribution < 1.29 is 33.7 Å². The Morgan fingerprint density at radius 3 is 2.68 bits per heavy atom. The van der Waals surface area contributed by atoms with Crippen LogP contribution >= 0.6 is 15.9 Å². The molecule has 4 fully saturated rings. The van der Waals surface area contributed by atoms with Crippen LogP contribution in [0, 0.1) is 11.8 Å². The molecule has 4 heterocycles. The van der Waals surface area contributed by atoms with E-state index < -0.39 is 41.6 Å². The Hall–Kier alpha value is -1.79. The number of halogens is 1. The fraction of sp³-hybridized carbons (Fsp3) is 0.741. The van der Waals surface area contributed by atoms with Gasteiger partial charge in [0.15, 0.2) is 0 Å². The first-order chi connectivity index (χ1) is 18.3. The van der Waals surface area contributed by atoms with Gasteiger partial charge in [-0.05, 0) is 19.3 Å². The first kappa shape index (κ1) is 29.2. The molecule has 0 aliphatic carbocycles. The van der Waals surface area contributed by atoms with Gasteiger partial charge in [-0.25, -0.2) is 0 Å². The number of aliphatic hydroxyl groups excluding tert-OH is 1. The molecule has 1 spiro atoms. The average molecular weight is 599 g/mol. The van der Waals surface area contributed by atoms with E-state index >= 15 is 0 Å². The summed E-state index contributed by atoms with van der Waals surface area (Å²) in [5.74, 6) is -2.76. The first-order valence-corrected chi connectivity index (χ1v) is 14.5. The summed E-state index contributed by atoms with van der Waals surface area (Å²) in [5, 5.41) is 10.2. The minimum Gasteiger partial charge on any atom is -0.465 e. The van der Waals surface area contributed by atoms with E-state index in [1.54, 1.807) is 17.1 Å². The van der Waals surface area contributed by atoms with E-state index in [-0.39, 0.29) is 29.9 Å². The number of ether oxygens (including phenoxy) is 3. The average Bonchev–Trinajstić information content (AvgIpc) is 3.51. The zero-order valence-corrected chi connectivity index (χ0v) is 23.7. The fourth-order valence-electron chi connectivity index (χ4n) is 6.47. The second-order valence-corrected chi connectivity index (χ2v) is 11.6. The molecule has 4 aliphatic heterocycles. The lowest BCUT2D eigenvalue weighted by Crippen LogP contribution is -2.59. The highest BCUT2D eigenvalue weighted by Gasteiger charge is 2.77. The number of carbonyl (C=O) groups is 3.